The van der Waals surface area contributed by atoms with Crippen LogP contribution in [0.3, 0.4) is 0 Å². The fraction of sp³-hybridized carbons (Fsp3) is 0.282. The zero-order chi connectivity index (χ0) is 36.3. The van der Waals surface area contributed by atoms with Crippen LogP contribution in [0.15, 0.2) is 95.0 Å². The molecule has 0 saturated heterocycles. The molecule has 0 atom stereocenters. The molecule has 266 valence electrons. The Hall–Kier alpha value is -5.85. The summed E-state index contributed by atoms with van der Waals surface area (Å²) in [7, 11) is 3.96. The van der Waals surface area contributed by atoms with E-state index < -0.39 is 0 Å². The number of aromatic amines is 1. The van der Waals surface area contributed by atoms with Gasteiger partial charge in [-0.25, -0.2) is 4.98 Å². The average Bonchev–Trinajstić information content (AvgIpc) is 3.79. The summed E-state index contributed by atoms with van der Waals surface area (Å²) < 4.78 is 10.7. The number of fused-ring (bicyclic) bond motifs is 2. The van der Waals surface area contributed by atoms with E-state index in [-0.39, 0.29) is 18.4 Å². The second kappa shape index (κ2) is 17.4. The van der Waals surface area contributed by atoms with Crippen molar-refractivity contribution in [2.75, 3.05) is 66.7 Å². The predicted octanol–water partition coefficient (Wildman–Crippen LogP) is 5.94. The maximum Gasteiger partial charge on any atom is 0.251 e. The molecule has 3 N–H and O–H groups in total. The molecular formula is C39H41N9O4. The van der Waals surface area contributed by atoms with Gasteiger partial charge in [0.2, 0.25) is 0 Å². The third kappa shape index (κ3) is 9.27. The lowest BCUT2D eigenvalue weighted by atomic mass is 9.99. The number of amides is 2. The average molecular weight is 700 g/mol. The summed E-state index contributed by atoms with van der Waals surface area (Å²) in [5.41, 5.74) is 18.3. The van der Waals surface area contributed by atoms with Crippen LogP contribution in [0.4, 0.5) is 5.69 Å². The highest BCUT2D eigenvalue weighted by molar-refractivity contribution is 6.07. The first-order valence-corrected chi connectivity index (χ1v) is 17.2. The van der Waals surface area contributed by atoms with Gasteiger partial charge in [-0.2, -0.15) is 0 Å². The molecule has 2 amide bonds. The van der Waals surface area contributed by atoms with E-state index in [1.165, 1.54) is 5.56 Å². The number of carbonyl (C=O) groups excluding carboxylic acids is 2. The maximum absolute atomic E-state index is 12.6. The highest BCUT2D eigenvalue weighted by Crippen LogP contribution is 2.34. The molecule has 6 rings (SSSR count). The molecule has 0 aliphatic carbocycles. The Morgan fingerprint density at radius 2 is 1.44 bits per heavy atom. The van der Waals surface area contributed by atoms with Gasteiger partial charge < -0.3 is 30.0 Å². The number of H-pyrrole nitrogens is 1. The second-order valence-electron chi connectivity index (χ2n) is 12.5. The summed E-state index contributed by atoms with van der Waals surface area (Å²) in [5.74, 6) is 0.456. The lowest BCUT2D eigenvalue weighted by molar-refractivity contribution is 0.0511. The highest BCUT2D eigenvalue weighted by Gasteiger charge is 2.18. The number of nitrogens with one attached hydrogen (secondary N) is 3. The number of likely N-dealkylation sites (N-methyl/N-ethyl adjacent to an activating group) is 1. The number of carbonyl (C=O) groups is 2. The maximum atomic E-state index is 12.6. The van der Waals surface area contributed by atoms with Gasteiger partial charge in [-0.05, 0) is 84.3 Å². The van der Waals surface area contributed by atoms with E-state index in [1.54, 1.807) is 12.1 Å². The lowest BCUT2D eigenvalue weighted by Crippen LogP contribution is -2.31. The van der Waals surface area contributed by atoms with Gasteiger partial charge >= 0.3 is 0 Å². The van der Waals surface area contributed by atoms with Crippen molar-refractivity contribution in [3.05, 3.63) is 118 Å². The third-order valence-electron chi connectivity index (χ3n) is 8.56. The van der Waals surface area contributed by atoms with Gasteiger partial charge in [0.05, 0.1) is 48.9 Å². The molecule has 0 fully saturated rings. The molecule has 0 spiro atoms. The molecule has 13 nitrogen and oxygen atoms in total. The first-order chi connectivity index (χ1) is 25.4. The number of imidazole rings is 1. The van der Waals surface area contributed by atoms with Crippen molar-refractivity contribution in [1.29, 1.82) is 0 Å². The van der Waals surface area contributed by atoms with Crippen LogP contribution in [0, 0.1) is 0 Å². The monoisotopic (exact) mass is 699 g/mol. The number of rotatable bonds is 17. The molecule has 5 aromatic rings. The van der Waals surface area contributed by atoms with Gasteiger partial charge in [0.1, 0.15) is 5.82 Å². The van der Waals surface area contributed by atoms with E-state index in [4.69, 9.17) is 25.0 Å². The molecule has 1 aliphatic rings. The van der Waals surface area contributed by atoms with E-state index in [2.05, 4.69) is 56.0 Å². The van der Waals surface area contributed by atoms with Gasteiger partial charge in [-0.15, -0.1) is 0 Å². The van der Waals surface area contributed by atoms with Crippen LogP contribution >= 0.6 is 0 Å². The fourth-order valence-electron chi connectivity index (χ4n) is 5.75. The molecule has 52 heavy (non-hydrogen) atoms. The minimum atomic E-state index is -0.186. The zero-order valence-corrected chi connectivity index (χ0v) is 29.3. The van der Waals surface area contributed by atoms with Gasteiger partial charge in [-0.1, -0.05) is 47.6 Å². The fourth-order valence-corrected chi connectivity index (χ4v) is 5.75. The van der Waals surface area contributed by atoms with Gasteiger partial charge in [-0.3, -0.25) is 14.6 Å². The van der Waals surface area contributed by atoms with Crippen molar-refractivity contribution < 1.29 is 19.1 Å². The summed E-state index contributed by atoms with van der Waals surface area (Å²) in [4.78, 5) is 43.0. The summed E-state index contributed by atoms with van der Waals surface area (Å²) in [6.45, 7) is 3.54. The van der Waals surface area contributed by atoms with E-state index in [0.29, 0.717) is 50.6 Å². The van der Waals surface area contributed by atoms with E-state index in [0.717, 1.165) is 63.5 Å². The SMILES string of the molecule is CN(C)CCNC(=O)c1ccc(C2=Nc3cc(-c4ccc5nc(-c6ccc(C(=O)NCCOCCOCCN=[N+]=[N-])cc6)[nH]c5c4)ccc3C2)cc1. The standard InChI is InChI=1S/C39H41N9O4/c1-48(2)18-15-41-38(49)28-7-3-26(4-8-28)34-25-32-12-11-30(23-35(32)44-34)31-13-14-33-36(24-31)46-37(45-33)27-5-9-29(10-6-27)39(50)42-16-19-51-21-22-52-20-17-43-47-40/h3-14,23-24H,15-22,25H2,1-2H3,(H,41,49)(H,42,50)(H,45,46). The number of benzene rings is 4. The Morgan fingerprint density at radius 3 is 2.15 bits per heavy atom. The molecule has 1 aromatic heterocycles. The molecule has 13 heteroatoms. The first kappa shape index (κ1) is 36.0. The van der Waals surface area contributed by atoms with Crippen LogP contribution in [0.25, 0.3) is 44.0 Å². The number of hydrogen-bond acceptors (Lipinski definition) is 8. The van der Waals surface area contributed by atoms with Crippen LogP contribution in [-0.2, 0) is 15.9 Å². The van der Waals surface area contributed by atoms with Crippen LogP contribution in [0.1, 0.15) is 31.8 Å². The minimum Gasteiger partial charge on any atom is -0.379 e. The largest absolute Gasteiger partial charge is 0.379 e. The normalized spacial score (nSPS) is 12.0. The van der Waals surface area contributed by atoms with Crippen LogP contribution in [-0.4, -0.2) is 99.1 Å². The van der Waals surface area contributed by atoms with Crippen molar-refractivity contribution >= 4 is 34.2 Å². The number of aromatic nitrogens is 2. The van der Waals surface area contributed by atoms with Crippen molar-refractivity contribution in [1.82, 2.24) is 25.5 Å². The number of hydrogen-bond donors (Lipinski definition) is 3. The molecular weight excluding hydrogens is 658 g/mol. The van der Waals surface area contributed by atoms with Crippen LogP contribution in [0.5, 0.6) is 0 Å². The van der Waals surface area contributed by atoms with Gasteiger partial charge in [0, 0.05) is 54.2 Å². The van der Waals surface area contributed by atoms with Crippen molar-refractivity contribution in [2.45, 2.75) is 6.42 Å². The Bertz CT molecular complexity index is 2100. The Labute approximate surface area is 301 Å². The number of azide groups is 1. The summed E-state index contributed by atoms with van der Waals surface area (Å²) in [6.07, 6.45) is 0.737. The summed E-state index contributed by atoms with van der Waals surface area (Å²) in [6, 6.07) is 27.5. The number of nitrogens with zero attached hydrogens (tertiary/aromatic N) is 6. The quantitative estimate of drug-likeness (QED) is 0.0470. The lowest BCUT2D eigenvalue weighted by Gasteiger charge is -2.10. The van der Waals surface area contributed by atoms with Crippen molar-refractivity contribution in [3.8, 4) is 22.5 Å². The predicted molar refractivity (Wildman–Crippen MR) is 202 cm³/mol. The molecule has 0 unspecified atom stereocenters. The third-order valence-corrected chi connectivity index (χ3v) is 8.56. The van der Waals surface area contributed by atoms with E-state index in [9.17, 15) is 9.59 Å². The van der Waals surface area contributed by atoms with Crippen LogP contribution in [0.2, 0.25) is 0 Å². The Morgan fingerprint density at radius 1 is 0.808 bits per heavy atom. The van der Waals surface area contributed by atoms with Crippen molar-refractivity contribution in [3.63, 3.8) is 0 Å². The van der Waals surface area contributed by atoms with Gasteiger partial charge in [0.15, 0.2) is 0 Å². The van der Waals surface area contributed by atoms with Crippen LogP contribution < -0.4 is 10.6 Å². The zero-order valence-electron chi connectivity index (χ0n) is 29.3. The van der Waals surface area contributed by atoms with E-state index >= 15 is 0 Å². The number of aliphatic imine (C=N–C) groups is 1. The summed E-state index contributed by atoms with van der Waals surface area (Å²) in [5, 5.41) is 9.20. The molecule has 0 bridgehead atoms. The molecule has 1 aliphatic heterocycles. The molecule has 4 aromatic carbocycles. The molecule has 2 heterocycles. The topological polar surface area (TPSA) is 170 Å². The van der Waals surface area contributed by atoms with E-state index in [1.807, 2.05) is 61.5 Å². The van der Waals surface area contributed by atoms with Crippen molar-refractivity contribution in [2.24, 2.45) is 10.1 Å². The Balaban J connectivity index is 1.04. The highest BCUT2D eigenvalue weighted by atomic mass is 16.5. The molecule has 0 radical (unpaired) electrons. The second-order valence-corrected chi connectivity index (χ2v) is 12.5. The molecule has 0 saturated carbocycles. The smallest absolute Gasteiger partial charge is 0.251 e. The summed E-state index contributed by atoms with van der Waals surface area (Å²) >= 11 is 0. The minimum absolute atomic E-state index is 0.0754. The van der Waals surface area contributed by atoms with Gasteiger partial charge in [0.25, 0.3) is 11.8 Å². The number of ether oxygens (including phenoxy) is 2. The first-order valence-electron chi connectivity index (χ1n) is 17.2. The Kier molecular flexibility index (Phi) is 12.0.